The van der Waals surface area contributed by atoms with Crippen LogP contribution >= 0.6 is 0 Å². The summed E-state index contributed by atoms with van der Waals surface area (Å²) in [7, 11) is 0. The minimum atomic E-state index is 0.343. The Kier molecular flexibility index (Phi) is 2.97. The highest BCUT2D eigenvalue weighted by Gasteiger charge is 2.58. The molecule has 0 radical (unpaired) electrons. The molecule has 2 bridgehead atoms. The van der Waals surface area contributed by atoms with Crippen LogP contribution in [0.4, 0.5) is 0 Å². The zero-order valence-corrected chi connectivity index (χ0v) is 12.1. The molecule has 1 spiro atoms. The summed E-state index contributed by atoms with van der Waals surface area (Å²) >= 11 is 0. The van der Waals surface area contributed by atoms with Crippen LogP contribution in [0.15, 0.2) is 18.5 Å². The van der Waals surface area contributed by atoms with Crippen molar-refractivity contribution in [3.8, 4) is 5.75 Å². The molecule has 0 saturated carbocycles. The van der Waals surface area contributed by atoms with Gasteiger partial charge in [-0.15, -0.1) is 0 Å². The first kappa shape index (κ1) is 12.6. The first-order chi connectivity index (χ1) is 9.83. The number of rotatable bonds is 3. The molecule has 0 aromatic carbocycles. The fraction of sp³-hybridized carbons (Fsp3) is 0.688. The summed E-state index contributed by atoms with van der Waals surface area (Å²) in [5, 5.41) is 3.59. The molecule has 3 fully saturated rings. The number of nitrogens with zero attached hydrogens (tertiary/aromatic N) is 2. The Bertz CT molecular complexity index is 498. The maximum absolute atomic E-state index is 5.65. The quantitative estimate of drug-likeness (QED) is 0.908. The van der Waals surface area contributed by atoms with Crippen LogP contribution in [0.5, 0.6) is 5.75 Å². The fourth-order valence-electron chi connectivity index (χ4n) is 4.77. The van der Waals surface area contributed by atoms with Crippen molar-refractivity contribution < 1.29 is 4.74 Å². The van der Waals surface area contributed by atoms with Crippen LogP contribution in [0.25, 0.3) is 0 Å². The van der Waals surface area contributed by atoms with Crippen LogP contribution < -0.4 is 10.1 Å². The van der Waals surface area contributed by atoms with Crippen LogP contribution in [-0.4, -0.2) is 48.2 Å². The number of nitrogens with one attached hydrogen (secondary N) is 1. The average Bonchev–Trinajstić information content (AvgIpc) is 3.16. The summed E-state index contributed by atoms with van der Waals surface area (Å²) in [5.74, 6) is 2.34. The maximum Gasteiger partial charge on any atom is 0.137 e. The second-order valence-electron chi connectivity index (χ2n) is 6.39. The normalized spacial score (nSPS) is 38.8. The van der Waals surface area contributed by atoms with Crippen LogP contribution in [0.3, 0.4) is 0 Å². The lowest BCUT2D eigenvalue weighted by molar-refractivity contribution is 0.130. The summed E-state index contributed by atoms with van der Waals surface area (Å²) in [4.78, 5) is 7.15. The predicted octanol–water partition coefficient (Wildman–Crippen LogP) is 1.63. The Morgan fingerprint density at radius 2 is 2.45 bits per heavy atom. The molecule has 3 saturated heterocycles. The minimum Gasteiger partial charge on any atom is -0.492 e. The summed E-state index contributed by atoms with van der Waals surface area (Å²) in [6.45, 7) is 7.56. The van der Waals surface area contributed by atoms with E-state index in [0.29, 0.717) is 18.1 Å². The van der Waals surface area contributed by atoms with E-state index in [4.69, 9.17) is 4.74 Å². The van der Waals surface area contributed by atoms with E-state index in [9.17, 15) is 0 Å². The highest BCUT2D eigenvalue weighted by molar-refractivity contribution is 5.34. The second-order valence-corrected chi connectivity index (χ2v) is 6.39. The molecule has 0 amide bonds. The molecular formula is C16H23N3O. The topological polar surface area (TPSA) is 37.4 Å². The van der Waals surface area contributed by atoms with E-state index in [2.05, 4.69) is 27.5 Å². The summed E-state index contributed by atoms with van der Waals surface area (Å²) in [6, 6.07) is 2.23. The van der Waals surface area contributed by atoms with Crippen molar-refractivity contribution in [3.05, 3.63) is 24.0 Å². The lowest BCUT2D eigenvalue weighted by Gasteiger charge is -2.42. The number of piperidine rings is 1. The number of aromatic nitrogens is 1. The maximum atomic E-state index is 5.65. The van der Waals surface area contributed by atoms with Crippen LogP contribution in [-0.2, 0) is 0 Å². The third-order valence-electron chi connectivity index (χ3n) is 5.48. The molecule has 20 heavy (non-hydrogen) atoms. The molecule has 4 atom stereocenters. The molecule has 4 rings (SSSR count). The highest BCUT2D eigenvalue weighted by atomic mass is 16.5. The van der Waals surface area contributed by atoms with E-state index in [-0.39, 0.29) is 0 Å². The van der Waals surface area contributed by atoms with Crippen molar-refractivity contribution in [1.29, 1.82) is 0 Å². The van der Waals surface area contributed by atoms with Gasteiger partial charge in [-0.25, -0.2) is 0 Å². The van der Waals surface area contributed by atoms with Crippen molar-refractivity contribution in [2.75, 3.05) is 32.8 Å². The van der Waals surface area contributed by atoms with Gasteiger partial charge in [0.05, 0.1) is 12.8 Å². The third kappa shape index (κ3) is 1.71. The number of pyridine rings is 1. The molecule has 1 N–H and O–H groups in total. The Hall–Kier alpha value is -1.13. The van der Waals surface area contributed by atoms with Crippen LogP contribution in [0.2, 0.25) is 0 Å². The van der Waals surface area contributed by atoms with Gasteiger partial charge in [0.2, 0.25) is 0 Å². The van der Waals surface area contributed by atoms with Gasteiger partial charge in [-0.2, -0.15) is 0 Å². The summed E-state index contributed by atoms with van der Waals surface area (Å²) < 4.78 is 5.65. The second kappa shape index (κ2) is 4.71. The van der Waals surface area contributed by atoms with E-state index in [0.717, 1.165) is 24.8 Å². The predicted molar refractivity (Wildman–Crippen MR) is 78.0 cm³/mol. The van der Waals surface area contributed by atoms with E-state index in [1.54, 1.807) is 0 Å². The van der Waals surface area contributed by atoms with Gasteiger partial charge in [-0.3, -0.25) is 9.88 Å². The number of ether oxygens (including phenoxy) is 1. The largest absolute Gasteiger partial charge is 0.492 e. The monoisotopic (exact) mass is 273 g/mol. The average molecular weight is 273 g/mol. The smallest absolute Gasteiger partial charge is 0.137 e. The molecule has 0 aliphatic carbocycles. The van der Waals surface area contributed by atoms with Gasteiger partial charge in [-0.1, -0.05) is 0 Å². The van der Waals surface area contributed by atoms with E-state index < -0.39 is 0 Å². The molecule has 1 aromatic heterocycles. The van der Waals surface area contributed by atoms with E-state index in [1.165, 1.54) is 31.5 Å². The lowest BCUT2D eigenvalue weighted by atomic mass is 9.72. The third-order valence-corrected chi connectivity index (χ3v) is 5.48. The SMILES string of the molecule is CCOc1cncc(C2C3CCN(C3)C23CCNC3)c1. The Morgan fingerprint density at radius 3 is 3.25 bits per heavy atom. The molecule has 3 aliphatic heterocycles. The number of hydrogen-bond acceptors (Lipinski definition) is 4. The van der Waals surface area contributed by atoms with Gasteiger partial charge < -0.3 is 10.1 Å². The van der Waals surface area contributed by atoms with Crippen molar-refractivity contribution in [2.24, 2.45) is 5.92 Å². The first-order valence-corrected chi connectivity index (χ1v) is 7.87. The molecule has 4 nitrogen and oxygen atoms in total. The highest BCUT2D eigenvalue weighted by Crippen LogP contribution is 2.53. The molecule has 4 unspecified atom stereocenters. The van der Waals surface area contributed by atoms with Gasteiger partial charge in [0.1, 0.15) is 5.75 Å². The Labute approximate surface area is 120 Å². The minimum absolute atomic E-state index is 0.343. The zero-order chi connectivity index (χ0) is 13.6. The molecule has 3 aliphatic rings. The van der Waals surface area contributed by atoms with Crippen molar-refractivity contribution in [2.45, 2.75) is 31.2 Å². The molecule has 4 heterocycles. The van der Waals surface area contributed by atoms with E-state index >= 15 is 0 Å². The first-order valence-electron chi connectivity index (χ1n) is 7.87. The fourth-order valence-corrected chi connectivity index (χ4v) is 4.77. The van der Waals surface area contributed by atoms with Gasteiger partial charge in [0.15, 0.2) is 0 Å². The van der Waals surface area contributed by atoms with Gasteiger partial charge >= 0.3 is 0 Å². The van der Waals surface area contributed by atoms with Crippen molar-refractivity contribution in [1.82, 2.24) is 15.2 Å². The van der Waals surface area contributed by atoms with E-state index in [1.807, 2.05) is 13.1 Å². The lowest BCUT2D eigenvalue weighted by Crippen LogP contribution is -2.50. The molecule has 108 valence electrons. The molecule has 4 heteroatoms. The Morgan fingerprint density at radius 1 is 1.50 bits per heavy atom. The number of hydrogen-bond donors (Lipinski definition) is 1. The van der Waals surface area contributed by atoms with Gasteiger partial charge in [0, 0.05) is 30.7 Å². The van der Waals surface area contributed by atoms with Crippen LogP contribution in [0.1, 0.15) is 31.2 Å². The molecule has 1 aromatic rings. The standard InChI is InChI=1S/C16H23N3O/c1-2-20-14-7-13(8-18-9-14)15-12-3-6-19(10-12)16(15)4-5-17-11-16/h7-9,12,15,17H,2-6,10-11H2,1H3. The van der Waals surface area contributed by atoms with Crippen molar-refractivity contribution in [3.63, 3.8) is 0 Å². The summed E-state index contributed by atoms with van der Waals surface area (Å²) in [5.41, 5.74) is 1.72. The number of fused-ring (bicyclic) bond motifs is 3. The van der Waals surface area contributed by atoms with Gasteiger partial charge in [0.25, 0.3) is 0 Å². The molecular weight excluding hydrogens is 250 g/mol. The summed E-state index contributed by atoms with van der Waals surface area (Å²) in [6.07, 6.45) is 6.51. The Balaban J connectivity index is 1.71. The zero-order valence-electron chi connectivity index (χ0n) is 12.1. The van der Waals surface area contributed by atoms with Crippen LogP contribution in [0, 0.1) is 5.92 Å². The van der Waals surface area contributed by atoms with Gasteiger partial charge in [-0.05, 0) is 50.4 Å². The van der Waals surface area contributed by atoms with Crippen molar-refractivity contribution >= 4 is 0 Å².